The van der Waals surface area contributed by atoms with E-state index < -0.39 is 16.1 Å². The van der Waals surface area contributed by atoms with E-state index in [4.69, 9.17) is 9.47 Å². The second kappa shape index (κ2) is 7.52. The molecular weight excluding hydrogens is 358 g/mol. The molecule has 1 heterocycles. The van der Waals surface area contributed by atoms with Crippen molar-refractivity contribution in [3.8, 4) is 11.5 Å². The van der Waals surface area contributed by atoms with Gasteiger partial charge in [0.2, 0.25) is 16.8 Å². The number of nitrogens with one attached hydrogen (secondary N) is 2. The van der Waals surface area contributed by atoms with E-state index >= 15 is 0 Å². The maximum absolute atomic E-state index is 12.1. The number of rotatable bonds is 6. The summed E-state index contributed by atoms with van der Waals surface area (Å²) in [6, 6.07) is 13.5. The van der Waals surface area contributed by atoms with Crippen molar-refractivity contribution in [2.24, 2.45) is 0 Å². The predicted octanol–water partition coefficient (Wildman–Crippen LogP) is 2.00. The number of carbonyl (C=O) groups is 1. The highest BCUT2D eigenvalue weighted by molar-refractivity contribution is 7.92. The highest BCUT2D eigenvalue weighted by Gasteiger charge is 2.21. The number of hydrogen-bond acceptors (Lipinski definition) is 5. The fraction of sp³-hybridized carbons (Fsp3) is 0.235. The van der Waals surface area contributed by atoms with Gasteiger partial charge in [0.05, 0.1) is 18.5 Å². The first-order valence-electron chi connectivity index (χ1n) is 7.91. The number of sulfonamides is 1. The summed E-state index contributed by atoms with van der Waals surface area (Å²) in [4.78, 5) is 11.9. The summed E-state index contributed by atoms with van der Waals surface area (Å²) in [6.07, 6.45) is 1.11. The van der Waals surface area contributed by atoms with Crippen molar-refractivity contribution < 1.29 is 22.7 Å². The molecule has 0 spiro atoms. The normalized spacial score (nSPS) is 12.5. The number of nitrogens with zero attached hydrogens (tertiary/aromatic N) is 1. The molecule has 2 aromatic rings. The van der Waals surface area contributed by atoms with Crippen LogP contribution in [0.5, 0.6) is 11.5 Å². The number of amides is 2. The molecule has 1 aliphatic rings. The molecule has 0 aliphatic carbocycles. The molecule has 2 aromatic carbocycles. The van der Waals surface area contributed by atoms with E-state index in [0.717, 1.165) is 6.26 Å². The van der Waals surface area contributed by atoms with Gasteiger partial charge >= 0.3 is 6.03 Å². The quantitative estimate of drug-likeness (QED) is 0.803. The van der Waals surface area contributed by atoms with Crippen LogP contribution in [0.3, 0.4) is 0 Å². The second-order valence-corrected chi connectivity index (χ2v) is 7.53. The number of urea groups is 1. The van der Waals surface area contributed by atoms with E-state index in [2.05, 4.69) is 10.6 Å². The molecule has 0 radical (unpaired) electrons. The van der Waals surface area contributed by atoms with E-state index in [1.165, 1.54) is 4.31 Å². The lowest BCUT2D eigenvalue weighted by atomic mass is 10.3. The van der Waals surface area contributed by atoms with E-state index in [0.29, 0.717) is 22.9 Å². The molecule has 26 heavy (non-hydrogen) atoms. The Balaban J connectivity index is 1.62. The minimum atomic E-state index is -3.53. The Labute approximate surface area is 151 Å². The van der Waals surface area contributed by atoms with Gasteiger partial charge in [-0.15, -0.1) is 0 Å². The van der Waals surface area contributed by atoms with Crippen molar-refractivity contribution in [1.29, 1.82) is 0 Å². The first-order valence-corrected chi connectivity index (χ1v) is 9.75. The van der Waals surface area contributed by atoms with Crippen LogP contribution in [-0.4, -0.2) is 40.6 Å². The lowest BCUT2D eigenvalue weighted by molar-refractivity contribution is 0.174. The van der Waals surface area contributed by atoms with Crippen LogP contribution in [-0.2, 0) is 10.0 Å². The number of hydrogen-bond donors (Lipinski definition) is 2. The third-order valence-electron chi connectivity index (χ3n) is 3.68. The Morgan fingerprint density at radius 3 is 2.58 bits per heavy atom. The average molecular weight is 377 g/mol. The van der Waals surface area contributed by atoms with Gasteiger partial charge in [-0.2, -0.15) is 0 Å². The van der Waals surface area contributed by atoms with Crippen LogP contribution >= 0.6 is 0 Å². The average Bonchev–Trinajstić information content (AvgIpc) is 3.06. The van der Waals surface area contributed by atoms with Crippen LogP contribution in [0.1, 0.15) is 0 Å². The van der Waals surface area contributed by atoms with Crippen molar-refractivity contribution in [2.45, 2.75) is 0 Å². The summed E-state index contributed by atoms with van der Waals surface area (Å²) in [5.41, 5.74) is 1.10. The summed E-state index contributed by atoms with van der Waals surface area (Å²) >= 11 is 0. The summed E-state index contributed by atoms with van der Waals surface area (Å²) in [5, 5.41) is 5.32. The summed E-state index contributed by atoms with van der Waals surface area (Å²) in [5.74, 6) is 1.06. The summed E-state index contributed by atoms with van der Waals surface area (Å²) < 4.78 is 36.0. The van der Waals surface area contributed by atoms with Crippen LogP contribution in [0.15, 0.2) is 48.5 Å². The Kier molecular flexibility index (Phi) is 5.17. The lowest BCUT2D eigenvalue weighted by Gasteiger charge is -2.22. The van der Waals surface area contributed by atoms with Crippen molar-refractivity contribution in [2.75, 3.05) is 35.8 Å². The standard InChI is InChI=1S/C17H19N3O5S/c1-26(22,23)20(14-7-8-15-16(11-14)25-12-24-15)10-9-18-17(21)19-13-5-3-2-4-6-13/h2-8,11H,9-10,12H2,1H3,(H2,18,19,21). The first-order chi connectivity index (χ1) is 12.4. The van der Waals surface area contributed by atoms with Crippen LogP contribution in [0.25, 0.3) is 0 Å². The van der Waals surface area contributed by atoms with Crippen LogP contribution in [0, 0.1) is 0 Å². The number of para-hydroxylation sites is 1. The van der Waals surface area contributed by atoms with Crippen molar-refractivity contribution >= 4 is 27.4 Å². The van der Waals surface area contributed by atoms with E-state index in [-0.39, 0.29) is 19.9 Å². The Bertz CT molecular complexity index is 887. The largest absolute Gasteiger partial charge is 0.454 e. The minimum absolute atomic E-state index is 0.0840. The molecule has 8 nitrogen and oxygen atoms in total. The van der Waals surface area contributed by atoms with Crippen molar-refractivity contribution in [1.82, 2.24) is 5.32 Å². The maximum Gasteiger partial charge on any atom is 0.319 e. The molecule has 9 heteroatoms. The van der Waals surface area contributed by atoms with Crippen molar-refractivity contribution in [3.05, 3.63) is 48.5 Å². The Morgan fingerprint density at radius 1 is 1.12 bits per heavy atom. The van der Waals surface area contributed by atoms with Gasteiger partial charge in [0, 0.05) is 18.3 Å². The van der Waals surface area contributed by atoms with Gasteiger partial charge in [-0.05, 0) is 24.3 Å². The Morgan fingerprint density at radius 2 is 1.85 bits per heavy atom. The molecule has 0 saturated carbocycles. The molecule has 3 rings (SSSR count). The number of fused-ring (bicyclic) bond motifs is 1. The van der Waals surface area contributed by atoms with Crippen LogP contribution in [0.2, 0.25) is 0 Å². The zero-order valence-corrected chi connectivity index (χ0v) is 15.0. The number of ether oxygens (including phenoxy) is 2. The maximum atomic E-state index is 12.1. The highest BCUT2D eigenvalue weighted by Crippen LogP contribution is 2.35. The lowest BCUT2D eigenvalue weighted by Crippen LogP contribution is -2.39. The molecule has 1 aliphatic heterocycles. The number of carbonyl (C=O) groups excluding carboxylic acids is 1. The molecule has 0 saturated heterocycles. The second-order valence-electron chi connectivity index (χ2n) is 5.62. The molecule has 0 fully saturated rings. The van der Waals surface area contributed by atoms with Gasteiger partial charge in [0.15, 0.2) is 11.5 Å². The summed E-state index contributed by atoms with van der Waals surface area (Å²) in [7, 11) is -3.53. The molecule has 2 N–H and O–H groups in total. The molecule has 0 aromatic heterocycles. The van der Waals surface area contributed by atoms with Gasteiger partial charge in [-0.3, -0.25) is 4.31 Å². The van der Waals surface area contributed by atoms with Crippen molar-refractivity contribution in [3.63, 3.8) is 0 Å². The minimum Gasteiger partial charge on any atom is -0.454 e. The van der Waals surface area contributed by atoms with E-state index in [1.54, 1.807) is 42.5 Å². The van der Waals surface area contributed by atoms with E-state index in [1.807, 2.05) is 6.07 Å². The zero-order chi connectivity index (χ0) is 18.6. The first kappa shape index (κ1) is 17.9. The fourth-order valence-corrected chi connectivity index (χ4v) is 3.41. The van der Waals surface area contributed by atoms with Gasteiger partial charge < -0.3 is 20.1 Å². The predicted molar refractivity (Wildman–Crippen MR) is 98.2 cm³/mol. The third kappa shape index (κ3) is 4.37. The van der Waals surface area contributed by atoms with Gasteiger partial charge in [-0.1, -0.05) is 18.2 Å². The topological polar surface area (TPSA) is 97.0 Å². The fourth-order valence-electron chi connectivity index (χ4n) is 2.49. The monoisotopic (exact) mass is 377 g/mol. The molecule has 0 bridgehead atoms. The zero-order valence-electron chi connectivity index (χ0n) is 14.1. The van der Waals surface area contributed by atoms with E-state index in [9.17, 15) is 13.2 Å². The Hall–Kier alpha value is -2.94. The van der Waals surface area contributed by atoms with Gasteiger partial charge in [0.1, 0.15) is 0 Å². The number of benzene rings is 2. The molecule has 138 valence electrons. The highest BCUT2D eigenvalue weighted by atomic mass is 32.2. The molecule has 2 amide bonds. The molecule has 0 atom stereocenters. The van der Waals surface area contributed by atoms with Gasteiger partial charge in [0.25, 0.3) is 0 Å². The number of anilines is 2. The third-order valence-corrected chi connectivity index (χ3v) is 4.87. The summed E-state index contributed by atoms with van der Waals surface area (Å²) in [6.45, 7) is 0.333. The van der Waals surface area contributed by atoms with Crippen LogP contribution < -0.4 is 24.4 Å². The SMILES string of the molecule is CS(=O)(=O)N(CCNC(=O)Nc1ccccc1)c1ccc2c(c1)OCO2. The smallest absolute Gasteiger partial charge is 0.319 e. The van der Waals surface area contributed by atoms with Gasteiger partial charge in [-0.25, -0.2) is 13.2 Å². The molecular formula is C17H19N3O5S. The van der Waals surface area contributed by atoms with Crippen LogP contribution in [0.4, 0.5) is 16.2 Å². The molecule has 0 unspecified atom stereocenters.